The molecule has 0 saturated carbocycles. The zero-order valence-corrected chi connectivity index (χ0v) is 15.9. The number of H-pyrrole nitrogens is 1. The van der Waals surface area contributed by atoms with Gasteiger partial charge in [0.2, 0.25) is 5.95 Å². The number of hydrogen-bond donors (Lipinski definition) is 3. The number of imidazole rings is 1. The minimum atomic E-state index is -0.488. The van der Waals surface area contributed by atoms with E-state index in [0.717, 1.165) is 16.8 Å². The van der Waals surface area contributed by atoms with Crippen LogP contribution in [0.4, 0.5) is 21.8 Å². The third-order valence-corrected chi connectivity index (χ3v) is 4.35. The van der Waals surface area contributed by atoms with Gasteiger partial charge in [-0.15, -0.1) is 0 Å². The standard InChI is InChI=1S/C19H16ClFN8/c20-16-5-13(1-2-17(16)21)28-19-26-9-15(12-6-22-10-23-7-12)18(29-19)25-4-3-14-8-24-11-27-14/h1-2,5-11H,3-4H2,(H,24,27)(H2,25,26,28,29). The van der Waals surface area contributed by atoms with Crippen molar-refractivity contribution >= 4 is 29.1 Å². The fourth-order valence-electron chi connectivity index (χ4n) is 2.67. The van der Waals surface area contributed by atoms with E-state index in [-0.39, 0.29) is 5.02 Å². The van der Waals surface area contributed by atoms with Gasteiger partial charge in [-0.2, -0.15) is 4.98 Å². The molecule has 146 valence electrons. The van der Waals surface area contributed by atoms with Gasteiger partial charge in [-0.25, -0.2) is 24.3 Å². The van der Waals surface area contributed by atoms with Crippen molar-refractivity contribution in [3.05, 3.63) is 72.2 Å². The van der Waals surface area contributed by atoms with E-state index in [2.05, 4.69) is 40.5 Å². The highest BCUT2D eigenvalue weighted by molar-refractivity contribution is 6.31. The van der Waals surface area contributed by atoms with Crippen molar-refractivity contribution in [1.82, 2.24) is 29.9 Å². The van der Waals surface area contributed by atoms with Crippen LogP contribution in [0.3, 0.4) is 0 Å². The van der Waals surface area contributed by atoms with Crippen molar-refractivity contribution < 1.29 is 4.39 Å². The summed E-state index contributed by atoms with van der Waals surface area (Å²) in [5, 5.41) is 6.36. The maximum absolute atomic E-state index is 13.4. The molecule has 0 unspecified atom stereocenters. The molecule has 3 N–H and O–H groups in total. The van der Waals surface area contributed by atoms with Crippen LogP contribution in [-0.4, -0.2) is 36.4 Å². The molecule has 0 radical (unpaired) electrons. The fraction of sp³-hybridized carbons (Fsp3) is 0.105. The monoisotopic (exact) mass is 410 g/mol. The summed E-state index contributed by atoms with van der Waals surface area (Å²) in [6.07, 6.45) is 10.7. The lowest BCUT2D eigenvalue weighted by Gasteiger charge is -2.13. The second-order valence-electron chi connectivity index (χ2n) is 6.07. The lowest BCUT2D eigenvalue weighted by molar-refractivity contribution is 0.628. The number of aromatic nitrogens is 6. The summed E-state index contributed by atoms with van der Waals surface area (Å²) in [7, 11) is 0. The average molecular weight is 411 g/mol. The lowest BCUT2D eigenvalue weighted by Crippen LogP contribution is -2.10. The Morgan fingerprint density at radius 3 is 2.72 bits per heavy atom. The molecule has 1 aromatic carbocycles. The SMILES string of the molecule is Fc1ccc(Nc2ncc(-c3cncnc3)c(NCCc3c[nH]cn3)n2)cc1Cl. The van der Waals surface area contributed by atoms with E-state index in [1.807, 2.05) is 6.20 Å². The molecule has 0 aliphatic carbocycles. The van der Waals surface area contributed by atoms with Gasteiger partial charge in [0.1, 0.15) is 18.0 Å². The minimum Gasteiger partial charge on any atom is -0.369 e. The Labute approximate surface area is 170 Å². The van der Waals surface area contributed by atoms with Crippen molar-refractivity contribution in [2.45, 2.75) is 6.42 Å². The Bertz CT molecular complexity index is 1090. The highest BCUT2D eigenvalue weighted by Crippen LogP contribution is 2.27. The van der Waals surface area contributed by atoms with E-state index in [9.17, 15) is 4.39 Å². The van der Waals surface area contributed by atoms with Crippen LogP contribution in [0, 0.1) is 5.82 Å². The van der Waals surface area contributed by atoms with Crippen LogP contribution in [0.2, 0.25) is 5.02 Å². The highest BCUT2D eigenvalue weighted by atomic mass is 35.5. The molecule has 0 bridgehead atoms. The molecule has 0 atom stereocenters. The summed E-state index contributed by atoms with van der Waals surface area (Å²) in [6.45, 7) is 0.615. The first-order valence-electron chi connectivity index (χ1n) is 8.75. The summed E-state index contributed by atoms with van der Waals surface area (Å²) < 4.78 is 13.4. The van der Waals surface area contributed by atoms with Crippen molar-refractivity contribution in [2.24, 2.45) is 0 Å². The fourth-order valence-corrected chi connectivity index (χ4v) is 2.85. The quantitative estimate of drug-likeness (QED) is 0.425. The Kier molecular flexibility index (Phi) is 5.57. The number of halogens is 2. The molecular weight excluding hydrogens is 395 g/mol. The first-order chi connectivity index (χ1) is 14.2. The van der Waals surface area contributed by atoms with Gasteiger partial charge in [-0.3, -0.25) is 0 Å². The number of benzene rings is 1. The van der Waals surface area contributed by atoms with Crippen LogP contribution in [-0.2, 0) is 6.42 Å². The zero-order chi connectivity index (χ0) is 20.1. The number of anilines is 3. The van der Waals surface area contributed by atoms with Crippen LogP contribution in [0.1, 0.15) is 5.69 Å². The van der Waals surface area contributed by atoms with Gasteiger partial charge < -0.3 is 15.6 Å². The predicted molar refractivity (Wildman–Crippen MR) is 109 cm³/mol. The van der Waals surface area contributed by atoms with Gasteiger partial charge in [0.25, 0.3) is 0 Å². The van der Waals surface area contributed by atoms with E-state index in [1.54, 1.807) is 31.0 Å². The average Bonchev–Trinajstić information content (AvgIpc) is 3.25. The highest BCUT2D eigenvalue weighted by Gasteiger charge is 2.11. The van der Waals surface area contributed by atoms with E-state index in [4.69, 9.17) is 11.6 Å². The molecule has 8 nitrogen and oxygen atoms in total. The van der Waals surface area contributed by atoms with Gasteiger partial charge >= 0.3 is 0 Å². The smallest absolute Gasteiger partial charge is 0.229 e. The Morgan fingerprint density at radius 1 is 1.10 bits per heavy atom. The number of rotatable bonds is 7. The van der Waals surface area contributed by atoms with Gasteiger partial charge in [0.05, 0.1) is 17.0 Å². The minimum absolute atomic E-state index is 0.0189. The Balaban J connectivity index is 1.59. The van der Waals surface area contributed by atoms with Gasteiger partial charge in [0.15, 0.2) is 0 Å². The molecule has 4 aromatic rings. The molecule has 4 rings (SSSR count). The third-order valence-electron chi connectivity index (χ3n) is 4.06. The van der Waals surface area contributed by atoms with Crippen LogP contribution < -0.4 is 10.6 Å². The molecular formula is C19H16ClFN8. The zero-order valence-electron chi connectivity index (χ0n) is 15.1. The lowest BCUT2D eigenvalue weighted by atomic mass is 10.1. The summed E-state index contributed by atoms with van der Waals surface area (Å²) in [5.74, 6) is 0.467. The molecule has 3 heterocycles. The number of hydrogen-bond acceptors (Lipinski definition) is 7. The molecule has 3 aromatic heterocycles. The Morgan fingerprint density at radius 2 is 1.97 bits per heavy atom. The molecule has 0 aliphatic heterocycles. The largest absolute Gasteiger partial charge is 0.369 e. The molecule has 0 spiro atoms. The van der Waals surface area contributed by atoms with Gasteiger partial charge in [-0.05, 0) is 18.2 Å². The van der Waals surface area contributed by atoms with Crippen molar-refractivity contribution in [1.29, 1.82) is 0 Å². The summed E-state index contributed by atoms with van der Waals surface area (Å²) in [4.78, 5) is 24.2. The first-order valence-corrected chi connectivity index (χ1v) is 9.13. The van der Waals surface area contributed by atoms with Gasteiger partial charge in [-0.1, -0.05) is 11.6 Å². The van der Waals surface area contributed by atoms with Crippen LogP contribution in [0.15, 0.2) is 55.6 Å². The summed E-state index contributed by atoms with van der Waals surface area (Å²) in [6, 6.07) is 4.32. The topological polar surface area (TPSA) is 104 Å². The third kappa shape index (κ3) is 4.64. The predicted octanol–water partition coefficient (Wildman–Crippen LogP) is 3.85. The van der Waals surface area contributed by atoms with Crippen LogP contribution in [0.5, 0.6) is 0 Å². The first kappa shape index (κ1) is 18.8. The molecule has 0 saturated heterocycles. The van der Waals surface area contributed by atoms with E-state index in [0.29, 0.717) is 30.4 Å². The molecule has 0 amide bonds. The van der Waals surface area contributed by atoms with Crippen molar-refractivity contribution in [3.8, 4) is 11.1 Å². The maximum Gasteiger partial charge on any atom is 0.229 e. The number of nitrogens with zero attached hydrogens (tertiary/aromatic N) is 5. The number of aromatic amines is 1. The second-order valence-corrected chi connectivity index (χ2v) is 6.48. The second kappa shape index (κ2) is 8.61. The molecule has 0 fully saturated rings. The summed E-state index contributed by atoms with van der Waals surface area (Å²) in [5.41, 5.74) is 3.06. The van der Waals surface area contributed by atoms with E-state index < -0.39 is 5.82 Å². The Hall–Kier alpha value is -3.59. The van der Waals surface area contributed by atoms with E-state index in [1.165, 1.54) is 18.5 Å². The van der Waals surface area contributed by atoms with E-state index >= 15 is 0 Å². The number of nitrogens with one attached hydrogen (secondary N) is 3. The van der Waals surface area contributed by atoms with Gasteiger partial charge in [0, 0.05) is 54.6 Å². The van der Waals surface area contributed by atoms with Crippen LogP contribution >= 0.6 is 11.6 Å². The summed E-state index contributed by atoms with van der Waals surface area (Å²) >= 11 is 5.84. The molecule has 0 aliphatic rings. The normalized spacial score (nSPS) is 10.7. The maximum atomic E-state index is 13.4. The van der Waals surface area contributed by atoms with Crippen molar-refractivity contribution in [3.63, 3.8) is 0 Å². The molecule has 10 heteroatoms. The molecule has 29 heavy (non-hydrogen) atoms. The van der Waals surface area contributed by atoms with Crippen LogP contribution in [0.25, 0.3) is 11.1 Å². The van der Waals surface area contributed by atoms with Crippen molar-refractivity contribution in [2.75, 3.05) is 17.2 Å².